The van der Waals surface area contributed by atoms with Gasteiger partial charge in [-0.3, -0.25) is 19.4 Å². The molecule has 4 aromatic heterocycles. The number of aromatic amines is 1. The molecule has 1 aliphatic heterocycles. The highest BCUT2D eigenvalue weighted by Gasteiger charge is 2.34. The van der Waals surface area contributed by atoms with Crippen LogP contribution in [0.1, 0.15) is 33.3 Å². The van der Waals surface area contributed by atoms with Gasteiger partial charge in [0, 0.05) is 61.1 Å². The van der Waals surface area contributed by atoms with Crippen LogP contribution in [0.4, 0.5) is 0 Å². The number of carbonyl (C=O) groups is 3. The van der Waals surface area contributed by atoms with Gasteiger partial charge in [0.2, 0.25) is 0 Å². The van der Waals surface area contributed by atoms with Gasteiger partial charge in [-0.15, -0.1) is 0 Å². The Morgan fingerprint density at radius 3 is 2.52 bits per heavy atom. The van der Waals surface area contributed by atoms with Crippen molar-refractivity contribution in [2.45, 2.75) is 19.9 Å². The van der Waals surface area contributed by atoms with Gasteiger partial charge in [0.1, 0.15) is 5.75 Å². The van der Waals surface area contributed by atoms with Crippen molar-refractivity contribution in [2.75, 3.05) is 26.7 Å². The van der Waals surface area contributed by atoms with E-state index >= 15 is 0 Å². The molecular formula is C31H29N7O4. The quantitative estimate of drug-likeness (QED) is 0.247. The largest absolute Gasteiger partial charge is 0.494 e. The van der Waals surface area contributed by atoms with E-state index < -0.39 is 11.7 Å². The first kappa shape index (κ1) is 26.9. The number of methoxy groups -OCH3 is 1. The molecule has 0 unspecified atom stereocenters. The van der Waals surface area contributed by atoms with Crippen molar-refractivity contribution in [2.24, 2.45) is 0 Å². The van der Waals surface area contributed by atoms with Crippen LogP contribution in [0.15, 0.2) is 73.3 Å². The SMILES string of the molecule is COc1cnc(-n2ccc(-c3ccc(C)nc3)n2)c2[nH]cc(C(=O)C(=O)N3CCN(C(=O)c4ccccc4)[C@H](C)C3)c12. The molecule has 42 heavy (non-hydrogen) atoms. The number of rotatable bonds is 6. The number of hydrogen-bond donors (Lipinski definition) is 1. The molecule has 1 aliphatic rings. The van der Waals surface area contributed by atoms with E-state index in [9.17, 15) is 14.4 Å². The number of ether oxygens (including phenoxy) is 1. The minimum atomic E-state index is -0.668. The fourth-order valence-corrected chi connectivity index (χ4v) is 5.28. The highest BCUT2D eigenvalue weighted by Crippen LogP contribution is 2.32. The van der Waals surface area contributed by atoms with Crippen molar-refractivity contribution in [3.63, 3.8) is 0 Å². The van der Waals surface area contributed by atoms with Gasteiger partial charge in [-0.25, -0.2) is 9.67 Å². The molecule has 212 valence electrons. The standard InChI is InChI=1S/C31H29N7O4/c1-19-9-10-22(15-32-19)24-11-12-38(35-24)29-27-26(25(42-3)17-34-29)23(16-33-27)28(39)31(41)36-13-14-37(20(2)18-36)30(40)21-7-5-4-6-8-21/h4-12,15-17,20,33H,13-14,18H2,1-3H3/t20-/m1/s1. The van der Waals surface area contributed by atoms with Crippen molar-refractivity contribution in [3.8, 4) is 22.8 Å². The third-order valence-electron chi connectivity index (χ3n) is 7.52. The maximum atomic E-state index is 13.6. The summed E-state index contributed by atoms with van der Waals surface area (Å²) in [6, 6.07) is 14.5. The molecule has 0 spiro atoms. The van der Waals surface area contributed by atoms with Gasteiger partial charge in [0.05, 0.1) is 35.5 Å². The van der Waals surface area contributed by atoms with Gasteiger partial charge in [0.25, 0.3) is 17.6 Å². The second kappa shape index (κ2) is 10.9. The molecule has 1 saturated heterocycles. The first-order valence-electron chi connectivity index (χ1n) is 13.6. The highest BCUT2D eigenvalue weighted by molar-refractivity contribution is 6.45. The molecule has 0 bridgehead atoms. The number of nitrogens with one attached hydrogen (secondary N) is 1. The third-order valence-corrected chi connectivity index (χ3v) is 7.52. The molecule has 11 heteroatoms. The zero-order chi connectivity index (χ0) is 29.4. The average Bonchev–Trinajstić information content (AvgIpc) is 3.69. The fraction of sp³-hybridized carbons (Fsp3) is 0.226. The summed E-state index contributed by atoms with van der Waals surface area (Å²) in [7, 11) is 1.49. The zero-order valence-electron chi connectivity index (χ0n) is 23.4. The van der Waals surface area contributed by atoms with Crippen LogP contribution >= 0.6 is 0 Å². The molecule has 5 heterocycles. The number of aromatic nitrogens is 5. The van der Waals surface area contributed by atoms with Crippen LogP contribution in [0.3, 0.4) is 0 Å². The number of Topliss-reactive ketones (excluding diaryl/α,β-unsaturated/α-hetero) is 1. The number of amides is 2. The number of hydrogen-bond acceptors (Lipinski definition) is 7. The van der Waals surface area contributed by atoms with E-state index in [0.29, 0.717) is 40.3 Å². The number of H-pyrrole nitrogens is 1. The molecular weight excluding hydrogens is 534 g/mol. The molecule has 5 aromatic rings. The maximum absolute atomic E-state index is 13.6. The van der Waals surface area contributed by atoms with Crippen LogP contribution in [0, 0.1) is 6.92 Å². The Bertz CT molecular complexity index is 1790. The molecule has 2 amide bonds. The van der Waals surface area contributed by atoms with Crippen LogP contribution in [0.25, 0.3) is 28.0 Å². The number of ketones is 1. The Morgan fingerprint density at radius 1 is 1.00 bits per heavy atom. The van der Waals surface area contributed by atoms with Gasteiger partial charge in [-0.05, 0) is 44.2 Å². The molecule has 1 aromatic carbocycles. The normalized spacial score (nSPS) is 15.2. The molecule has 1 fully saturated rings. The van der Waals surface area contributed by atoms with Crippen molar-refractivity contribution >= 4 is 28.5 Å². The maximum Gasteiger partial charge on any atom is 0.295 e. The zero-order valence-corrected chi connectivity index (χ0v) is 23.4. The summed E-state index contributed by atoms with van der Waals surface area (Å²) < 4.78 is 7.14. The number of fused-ring (bicyclic) bond motifs is 1. The summed E-state index contributed by atoms with van der Waals surface area (Å²) >= 11 is 0. The Kier molecular flexibility index (Phi) is 6.99. The molecule has 1 N–H and O–H groups in total. The minimum Gasteiger partial charge on any atom is -0.494 e. The van der Waals surface area contributed by atoms with E-state index in [-0.39, 0.29) is 30.6 Å². The van der Waals surface area contributed by atoms with Crippen LogP contribution in [-0.4, -0.2) is 84.9 Å². The molecule has 0 aliphatic carbocycles. The lowest BCUT2D eigenvalue weighted by Crippen LogP contribution is -2.56. The number of carbonyl (C=O) groups excluding carboxylic acids is 3. The molecule has 0 saturated carbocycles. The van der Waals surface area contributed by atoms with Gasteiger partial charge in [-0.2, -0.15) is 5.10 Å². The van der Waals surface area contributed by atoms with Crippen LogP contribution < -0.4 is 4.74 Å². The molecule has 0 radical (unpaired) electrons. The van der Waals surface area contributed by atoms with E-state index in [1.54, 1.807) is 34.1 Å². The lowest BCUT2D eigenvalue weighted by Gasteiger charge is -2.39. The number of benzene rings is 1. The second-order valence-corrected chi connectivity index (χ2v) is 10.2. The summed E-state index contributed by atoms with van der Waals surface area (Å²) in [6.07, 6.45) is 6.55. The predicted molar refractivity (Wildman–Crippen MR) is 156 cm³/mol. The van der Waals surface area contributed by atoms with Crippen molar-refractivity contribution in [3.05, 3.63) is 90.1 Å². The van der Waals surface area contributed by atoms with E-state index in [0.717, 1.165) is 11.3 Å². The molecule has 11 nitrogen and oxygen atoms in total. The summed E-state index contributed by atoms with van der Waals surface area (Å²) in [5, 5.41) is 5.11. The van der Waals surface area contributed by atoms with Crippen molar-refractivity contribution < 1.29 is 19.1 Å². The molecule has 6 rings (SSSR count). The summed E-state index contributed by atoms with van der Waals surface area (Å²) in [4.78, 5) is 55.3. The number of piperazine rings is 1. The minimum absolute atomic E-state index is 0.0941. The van der Waals surface area contributed by atoms with E-state index in [1.165, 1.54) is 24.4 Å². The third kappa shape index (κ3) is 4.78. The Hall–Kier alpha value is -5.32. The summed E-state index contributed by atoms with van der Waals surface area (Å²) in [5.41, 5.74) is 3.76. The monoisotopic (exact) mass is 563 g/mol. The van der Waals surface area contributed by atoms with E-state index in [2.05, 4.69) is 20.1 Å². The summed E-state index contributed by atoms with van der Waals surface area (Å²) in [5.74, 6) is -0.594. The van der Waals surface area contributed by atoms with Crippen molar-refractivity contribution in [1.82, 2.24) is 34.5 Å². The van der Waals surface area contributed by atoms with E-state index in [4.69, 9.17) is 4.74 Å². The smallest absolute Gasteiger partial charge is 0.295 e. The lowest BCUT2D eigenvalue weighted by atomic mass is 10.1. The van der Waals surface area contributed by atoms with Crippen LogP contribution in [0.5, 0.6) is 5.75 Å². The Balaban J connectivity index is 1.25. The Morgan fingerprint density at radius 2 is 1.81 bits per heavy atom. The number of pyridine rings is 2. The van der Waals surface area contributed by atoms with Gasteiger partial charge in [0.15, 0.2) is 5.82 Å². The van der Waals surface area contributed by atoms with Gasteiger partial charge >= 0.3 is 0 Å². The fourth-order valence-electron chi connectivity index (χ4n) is 5.28. The lowest BCUT2D eigenvalue weighted by molar-refractivity contribution is -0.128. The number of nitrogens with zero attached hydrogens (tertiary/aromatic N) is 6. The highest BCUT2D eigenvalue weighted by atomic mass is 16.5. The summed E-state index contributed by atoms with van der Waals surface area (Å²) in [6.45, 7) is 4.63. The van der Waals surface area contributed by atoms with Gasteiger partial charge < -0.3 is 19.5 Å². The van der Waals surface area contributed by atoms with Crippen LogP contribution in [-0.2, 0) is 4.79 Å². The van der Waals surface area contributed by atoms with E-state index in [1.807, 2.05) is 50.2 Å². The Labute approximate surface area is 241 Å². The van der Waals surface area contributed by atoms with Crippen LogP contribution in [0.2, 0.25) is 0 Å². The number of aryl methyl sites for hydroxylation is 1. The predicted octanol–water partition coefficient (Wildman–Crippen LogP) is 3.68. The second-order valence-electron chi connectivity index (χ2n) is 10.2. The topological polar surface area (TPSA) is 126 Å². The molecule has 1 atom stereocenters. The van der Waals surface area contributed by atoms with Gasteiger partial charge in [-0.1, -0.05) is 18.2 Å². The average molecular weight is 564 g/mol. The first-order chi connectivity index (χ1) is 20.4. The van der Waals surface area contributed by atoms with Crippen molar-refractivity contribution in [1.29, 1.82) is 0 Å². The first-order valence-corrected chi connectivity index (χ1v) is 13.6.